The van der Waals surface area contributed by atoms with Crippen molar-refractivity contribution in [1.82, 2.24) is 5.32 Å². The van der Waals surface area contributed by atoms with Gasteiger partial charge in [0, 0.05) is 18.2 Å². The first kappa shape index (κ1) is 14.8. The molecule has 1 unspecified atom stereocenters. The highest BCUT2D eigenvalue weighted by atomic mass is 16.3. The molecule has 0 bridgehead atoms. The Labute approximate surface area is 110 Å². The Morgan fingerprint density at radius 1 is 1.11 bits per heavy atom. The van der Waals surface area contributed by atoms with Gasteiger partial charge in [-0.05, 0) is 18.9 Å². The predicted molar refractivity (Wildman–Crippen MR) is 74.8 cm³/mol. The number of aromatic hydroxyl groups is 2. The molecule has 0 heterocycles. The quantitative estimate of drug-likeness (QED) is 0.619. The molecule has 0 aliphatic heterocycles. The molecule has 3 nitrogen and oxygen atoms in total. The fourth-order valence-electron chi connectivity index (χ4n) is 2.12. The summed E-state index contributed by atoms with van der Waals surface area (Å²) in [5.41, 5.74) is 0.757. The maximum atomic E-state index is 9.73. The second kappa shape index (κ2) is 7.98. The minimum Gasteiger partial charge on any atom is -0.504 e. The highest BCUT2D eigenvalue weighted by Crippen LogP contribution is 2.28. The van der Waals surface area contributed by atoms with Crippen LogP contribution in [0.15, 0.2) is 18.2 Å². The van der Waals surface area contributed by atoms with Crippen LogP contribution in [-0.2, 0) is 6.54 Å². The summed E-state index contributed by atoms with van der Waals surface area (Å²) < 4.78 is 0. The van der Waals surface area contributed by atoms with E-state index >= 15 is 0 Å². The van der Waals surface area contributed by atoms with Gasteiger partial charge in [-0.1, -0.05) is 45.2 Å². The fraction of sp³-hybridized carbons (Fsp3) is 0.600. The Hall–Kier alpha value is -1.22. The maximum Gasteiger partial charge on any atom is 0.161 e. The van der Waals surface area contributed by atoms with Crippen molar-refractivity contribution in [2.45, 2.75) is 58.5 Å². The molecule has 0 aliphatic carbocycles. The van der Waals surface area contributed by atoms with Crippen LogP contribution < -0.4 is 5.32 Å². The van der Waals surface area contributed by atoms with Crippen LogP contribution in [0.25, 0.3) is 0 Å². The first-order chi connectivity index (χ1) is 8.69. The van der Waals surface area contributed by atoms with Crippen LogP contribution in [0, 0.1) is 0 Å². The zero-order chi connectivity index (χ0) is 13.4. The van der Waals surface area contributed by atoms with Gasteiger partial charge in [0.15, 0.2) is 11.5 Å². The first-order valence-corrected chi connectivity index (χ1v) is 6.92. The lowest BCUT2D eigenvalue weighted by atomic mass is 10.0. The number of para-hydroxylation sites is 1. The summed E-state index contributed by atoms with van der Waals surface area (Å²) >= 11 is 0. The molecule has 0 amide bonds. The molecule has 0 fully saturated rings. The lowest BCUT2D eigenvalue weighted by Crippen LogP contribution is -2.28. The van der Waals surface area contributed by atoms with Crippen LogP contribution in [-0.4, -0.2) is 16.3 Å². The Morgan fingerprint density at radius 3 is 2.56 bits per heavy atom. The van der Waals surface area contributed by atoms with Crippen LogP contribution in [0.1, 0.15) is 51.5 Å². The van der Waals surface area contributed by atoms with Gasteiger partial charge >= 0.3 is 0 Å². The van der Waals surface area contributed by atoms with E-state index in [9.17, 15) is 10.2 Å². The Kier molecular flexibility index (Phi) is 6.58. The number of rotatable bonds is 8. The topological polar surface area (TPSA) is 52.5 Å². The van der Waals surface area contributed by atoms with Crippen molar-refractivity contribution in [3.8, 4) is 11.5 Å². The molecule has 0 radical (unpaired) electrons. The van der Waals surface area contributed by atoms with Gasteiger partial charge in [-0.15, -0.1) is 0 Å². The molecule has 0 saturated heterocycles. The summed E-state index contributed by atoms with van der Waals surface area (Å²) in [6, 6.07) is 5.59. The SMILES string of the molecule is CCCCC(CCC)NCc1cccc(O)c1O. The van der Waals surface area contributed by atoms with Gasteiger partial charge in [0.05, 0.1) is 0 Å². The maximum absolute atomic E-state index is 9.73. The Bertz CT molecular complexity index is 352. The summed E-state index contributed by atoms with van der Waals surface area (Å²) in [5, 5.41) is 22.6. The average Bonchev–Trinajstić information content (AvgIpc) is 2.37. The van der Waals surface area contributed by atoms with E-state index in [1.54, 1.807) is 6.07 Å². The van der Waals surface area contributed by atoms with Crippen molar-refractivity contribution < 1.29 is 10.2 Å². The molecule has 102 valence electrons. The van der Waals surface area contributed by atoms with E-state index < -0.39 is 0 Å². The van der Waals surface area contributed by atoms with E-state index in [1.165, 1.54) is 25.3 Å². The van der Waals surface area contributed by atoms with E-state index in [1.807, 2.05) is 6.07 Å². The van der Waals surface area contributed by atoms with Gasteiger partial charge in [0.1, 0.15) is 0 Å². The summed E-state index contributed by atoms with van der Waals surface area (Å²) in [6.07, 6.45) is 5.92. The van der Waals surface area contributed by atoms with Crippen molar-refractivity contribution in [3.63, 3.8) is 0 Å². The monoisotopic (exact) mass is 251 g/mol. The number of benzene rings is 1. The molecular weight excluding hydrogens is 226 g/mol. The van der Waals surface area contributed by atoms with Gasteiger partial charge < -0.3 is 15.5 Å². The van der Waals surface area contributed by atoms with E-state index in [0.29, 0.717) is 12.6 Å². The molecule has 3 heteroatoms. The van der Waals surface area contributed by atoms with Crippen LogP contribution in [0.4, 0.5) is 0 Å². The van der Waals surface area contributed by atoms with Crippen molar-refractivity contribution in [2.75, 3.05) is 0 Å². The molecule has 1 atom stereocenters. The summed E-state index contributed by atoms with van der Waals surface area (Å²) in [5.74, 6) is -0.0503. The Balaban J connectivity index is 2.52. The largest absolute Gasteiger partial charge is 0.504 e. The lowest BCUT2D eigenvalue weighted by molar-refractivity contribution is 0.390. The number of phenols is 2. The van der Waals surface area contributed by atoms with Crippen molar-refractivity contribution in [2.24, 2.45) is 0 Å². The molecule has 18 heavy (non-hydrogen) atoms. The highest BCUT2D eigenvalue weighted by molar-refractivity contribution is 5.44. The minimum absolute atomic E-state index is 0.00394. The Morgan fingerprint density at radius 2 is 1.89 bits per heavy atom. The predicted octanol–water partition coefficient (Wildman–Crippen LogP) is 3.55. The number of unbranched alkanes of at least 4 members (excludes halogenated alkanes) is 1. The molecule has 1 aromatic carbocycles. The summed E-state index contributed by atoms with van der Waals surface area (Å²) in [4.78, 5) is 0. The third-order valence-corrected chi connectivity index (χ3v) is 3.22. The van der Waals surface area contributed by atoms with Gasteiger partial charge in [-0.2, -0.15) is 0 Å². The molecule has 3 N–H and O–H groups in total. The summed E-state index contributed by atoms with van der Waals surface area (Å²) in [7, 11) is 0. The van der Waals surface area contributed by atoms with Crippen molar-refractivity contribution in [3.05, 3.63) is 23.8 Å². The molecule has 0 spiro atoms. The smallest absolute Gasteiger partial charge is 0.161 e. The van der Waals surface area contributed by atoms with E-state index in [-0.39, 0.29) is 11.5 Å². The fourth-order valence-corrected chi connectivity index (χ4v) is 2.12. The van der Waals surface area contributed by atoms with Crippen molar-refractivity contribution >= 4 is 0 Å². The number of hydrogen-bond donors (Lipinski definition) is 3. The number of phenolic OH excluding ortho intramolecular Hbond substituents is 2. The van der Waals surface area contributed by atoms with Crippen LogP contribution in [0.3, 0.4) is 0 Å². The second-order valence-corrected chi connectivity index (χ2v) is 4.79. The number of hydrogen-bond acceptors (Lipinski definition) is 3. The molecule has 0 saturated carbocycles. The third kappa shape index (κ3) is 4.57. The van der Waals surface area contributed by atoms with Crippen LogP contribution >= 0.6 is 0 Å². The molecule has 0 aliphatic rings. The standard InChI is InChI=1S/C15H25NO2/c1-3-5-9-13(7-4-2)16-11-12-8-6-10-14(17)15(12)18/h6,8,10,13,16-18H,3-5,7,9,11H2,1-2H3. The zero-order valence-electron chi connectivity index (χ0n) is 11.4. The number of nitrogens with one attached hydrogen (secondary N) is 1. The molecule has 1 rings (SSSR count). The van der Waals surface area contributed by atoms with Gasteiger partial charge in [-0.3, -0.25) is 0 Å². The van der Waals surface area contributed by atoms with Crippen LogP contribution in [0.5, 0.6) is 11.5 Å². The summed E-state index contributed by atoms with van der Waals surface area (Å²) in [6.45, 7) is 4.99. The lowest BCUT2D eigenvalue weighted by Gasteiger charge is -2.18. The molecule has 0 aromatic heterocycles. The zero-order valence-corrected chi connectivity index (χ0v) is 11.4. The average molecular weight is 251 g/mol. The van der Waals surface area contributed by atoms with Crippen molar-refractivity contribution in [1.29, 1.82) is 0 Å². The first-order valence-electron chi connectivity index (χ1n) is 6.92. The third-order valence-electron chi connectivity index (χ3n) is 3.22. The van der Waals surface area contributed by atoms with Crippen LogP contribution in [0.2, 0.25) is 0 Å². The van der Waals surface area contributed by atoms with Gasteiger partial charge in [0.25, 0.3) is 0 Å². The molecule has 1 aromatic rings. The minimum atomic E-state index is -0.0464. The normalized spacial score (nSPS) is 12.6. The highest BCUT2D eigenvalue weighted by Gasteiger charge is 2.09. The molecular formula is C15H25NO2. The van der Waals surface area contributed by atoms with Gasteiger partial charge in [0.2, 0.25) is 0 Å². The van der Waals surface area contributed by atoms with Gasteiger partial charge in [-0.25, -0.2) is 0 Å². The second-order valence-electron chi connectivity index (χ2n) is 4.79. The van der Waals surface area contributed by atoms with E-state index in [4.69, 9.17) is 0 Å². The van der Waals surface area contributed by atoms with E-state index in [2.05, 4.69) is 19.2 Å². The van der Waals surface area contributed by atoms with E-state index in [0.717, 1.165) is 18.4 Å².